The van der Waals surface area contributed by atoms with E-state index in [1.807, 2.05) is 128 Å². The quantitative estimate of drug-likeness (QED) is 0.192. The third-order valence-corrected chi connectivity index (χ3v) is 7.21. The predicted octanol–water partition coefficient (Wildman–Crippen LogP) is 6.01. The van der Waals surface area contributed by atoms with Crippen molar-refractivity contribution in [1.29, 1.82) is 0 Å². The monoisotopic (exact) mass is 461 g/mol. The first kappa shape index (κ1) is 22.8. The van der Waals surface area contributed by atoms with Gasteiger partial charge < -0.3 is 4.74 Å². The Morgan fingerprint density at radius 3 is 1.51 bits per heavy atom. The Hall–Kier alpha value is -4.02. The molecular formula is C31H27NO3+. The van der Waals surface area contributed by atoms with Crippen LogP contribution >= 0.6 is 0 Å². The first-order chi connectivity index (χ1) is 17.2. The second-order valence-electron chi connectivity index (χ2n) is 8.93. The van der Waals surface area contributed by atoms with E-state index < -0.39 is 17.7 Å². The molecule has 5 rings (SSSR count). The van der Waals surface area contributed by atoms with E-state index in [0.717, 1.165) is 22.3 Å². The van der Waals surface area contributed by atoms with Gasteiger partial charge in [0.1, 0.15) is 6.61 Å². The van der Waals surface area contributed by atoms with Crippen LogP contribution in [0.1, 0.15) is 29.2 Å². The van der Waals surface area contributed by atoms with E-state index in [-0.39, 0.29) is 17.1 Å². The van der Waals surface area contributed by atoms with E-state index in [0.29, 0.717) is 0 Å². The number of hydrogen-bond acceptors (Lipinski definition) is 3. The predicted molar refractivity (Wildman–Crippen MR) is 135 cm³/mol. The molecule has 4 aromatic carbocycles. The van der Waals surface area contributed by atoms with Crippen molar-refractivity contribution in [2.24, 2.45) is 0 Å². The highest BCUT2D eigenvalue weighted by Gasteiger charge is 2.81. The lowest BCUT2D eigenvalue weighted by Gasteiger charge is -2.41. The second-order valence-corrected chi connectivity index (χ2v) is 8.93. The van der Waals surface area contributed by atoms with Gasteiger partial charge in [0.15, 0.2) is 11.6 Å². The Balaban J connectivity index is 1.77. The molecule has 35 heavy (non-hydrogen) atoms. The minimum atomic E-state index is -1.00. The summed E-state index contributed by atoms with van der Waals surface area (Å²) < 4.78 is 5.78. The van der Waals surface area contributed by atoms with Gasteiger partial charge in [-0.3, -0.25) is 4.79 Å². The first-order valence-corrected chi connectivity index (χ1v) is 11.8. The Bertz CT molecular complexity index is 1200. The van der Waals surface area contributed by atoms with Gasteiger partial charge in [-0.25, -0.2) is 0 Å². The second kappa shape index (κ2) is 9.32. The molecule has 0 aromatic heterocycles. The molecule has 0 saturated carbocycles. The van der Waals surface area contributed by atoms with E-state index in [1.54, 1.807) is 0 Å². The molecule has 1 aliphatic rings. The van der Waals surface area contributed by atoms with Crippen molar-refractivity contribution in [1.82, 2.24) is 0 Å². The third-order valence-electron chi connectivity index (χ3n) is 7.21. The fourth-order valence-corrected chi connectivity index (χ4v) is 5.61. The minimum Gasteiger partial charge on any atom is -0.415 e. The van der Waals surface area contributed by atoms with Gasteiger partial charge in [0, 0.05) is 16.7 Å². The fraction of sp³-hybridized carbons (Fsp3) is 0.161. The van der Waals surface area contributed by atoms with Gasteiger partial charge in [-0.1, -0.05) is 121 Å². The molecule has 4 aromatic rings. The standard InChI is InChI=1S/C31H27NO3/c1-24-29(22-33)32(24,30(34)35-23-25-14-6-2-7-15-25)31(26-16-8-3-9-17-26,27-18-10-4-11-19-27)28-20-12-5-13-21-28/h2-21,24,29H,23H2,1H3/q+1/t24-,29-,32?/m0/s1. The van der Waals surface area contributed by atoms with Crippen molar-refractivity contribution in [3.05, 3.63) is 144 Å². The number of hydrogen-bond donors (Lipinski definition) is 0. The normalized spacial score (nSPS) is 21.2. The highest BCUT2D eigenvalue weighted by Crippen LogP contribution is 2.59. The summed E-state index contributed by atoms with van der Waals surface area (Å²) >= 11 is 0. The smallest absolute Gasteiger partial charge is 0.415 e. The minimum absolute atomic E-state index is 0.131. The number of carbonyl (C=O) groups excluding carboxylic acids is 2. The largest absolute Gasteiger partial charge is 0.518 e. The molecule has 0 bridgehead atoms. The zero-order chi connectivity index (χ0) is 24.3. The number of quaternary nitrogens is 1. The molecule has 1 unspecified atom stereocenters. The number of amides is 1. The third kappa shape index (κ3) is 3.49. The van der Waals surface area contributed by atoms with Gasteiger partial charge in [0.2, 0.25) is 6.04 Å². The summed E-state index contributed by atoms with van der Waals surface area (Å²) in [5.41, 5.74) is 2.64. The number of carbonyl (C=O) groups is 1. The summed E-state index contributed by atoms with van der Waals surface area (Å²) in [6.45, 7) is 2.06. The molecule has 0 N–H and O–H groups in total. The average molecular weight is 462 g/mol. The van der Waals surface area contributed by atoms with Gasteiger partial charge in [-0.15, -0.1) is 0 Å². The zero-order valence-electron chi connectivity index (χ0n) is 19.6. The molecule has 1 aliphatic heterocycles. The Morgan fingerprint density at radius 2 is 1.14 bits per heavy atom. The van der Waals surface area contributed by atoms with Crippen LogP contribution in [0.25, 0.3) is 0 Å². The van der Waals surface area contributed by atoms with Crippen LogP contribution in [0.4, 0.5) is 4.79 Å². The molecule has 1 radical (unpaired) electrons. The van der Waals surface area contributed by atoms with E-state index in [9.17, 15) is 9.59 Å². The molecule has 0 aliphatic carbocycles. The average Bonchev–Trinajstić information content (AvgIpc) is 3.54. The number of ether oxygens (including phenoxy) is 1. The molecule has 3 atom stereocenters. The molecule has 4 nitrogen and oxygen atoms in total. The van der Waals surface area contributed by atoms with Crippen molar-refractivity contribution in [2.75, 3.05) is 0 Å². The van der Waals surface area contributed by atoms with Crippen molar-refractivity contribution in [3.63, 3.8) is 0 Å². The van der Waals surface area contributed by atoms with Crippen LogP contribution in [0.5, 0.6) is 0 Å². The van der Waals surface area contributed by atoms with Crippen LogP contribution in [-0.2, 0) is 21.7 Å². The van der Waals surface area contributed by atoms with E-state index in [2.05, 4.69) is 6.29 Å². The number of benzene rings is 4. The highest BCUT2D eigenvalue weighted by atomic mass is 16.6. The van der Waals surface area contributed by atoms with Crippen LogP contribution in [0.2, 0.25) is 0 Å². The van der Waals surface area contributed by atoms with Gasteiger partial charge in [-0.2, -0.15) is 9.28 Å². The molecule has 1 amide bonds. The summed E-state index contributed by atoms with van der Waals surface area (Å²) in [5, 5.41) is 0. The number of nitrogens with zero attached hydrogens (tertiary/aromatic N) is 1. The Kier molecular flexibility index (Phi) is 6.06. The summed E-state index contributed by atoms with van der Waals surface area (Å²) in [6.07, 6.45) is 1.76. The Morgan fingerprint density at radius 1 is 0.743 bits per heavy atom. The van der Waals surface area contributed by atoms with Crippen LogP contribution in [0.3, 0.4) is 0 Å². The van der Waals surface area contributed by atoms with Crippen LogP contribution in [0.15, 0.2) is 121 Å². The summed E-state index contributed by atoms with van der Waals surface area (Å²) in [7, 11) is 0. The van der Waals surface area contributed by atoms with E-state index in [1.165, 1.54) is 0 Å². The molecule has 1 saturated heterocycles. The Labute approximate surface area is 206 Å². The summed E-state index contributed by atoms with van der Waals surface area (Å²) in [4.78, 5) is 26.6. The van der Waals surface area contributed by atoms with Crippen molar-refractivity contribution in [3.8, 4) is 0 Å². The van der Waals surface area contributed by atoms with Crippen molar-refractivity contribution >= 4 is 12.4 Å². The maximum atomic E-state index is 14.2. The van der Waals surface area contributed by atoms with Gasteiger partial charge in [0.05, 0.1) is 0 Å². The van der Waals surface area contributed by atoms with Gasteiger partial charge in [0.25, 0.3) is 6.29 Å². The van der Waals surface area contributed by atoms with Crippen molar-refractivity contribution < 1.29 is 18.8 Å². The lowest BCUT2D eigenvalue weighted by atomic mass is 9.75. The van der Waals surface area contributed by atoms with Gasteiger partial charge in [-0.05, 0) is 12.5 Å². The lowest BCUT2D eigenvalue weighted by molar-refractivity contribution is -0.798. The topological polar surface area (TPSA) is 43.4 Å². The zero-order valence-corrected chi connectivity index (χ0v) is 19.6. The SMILES string of the molecule is C[C@H]1[C@H]([C]=O)[N+]1(C(=O)OCc1ccccc1)C(c1ccccc1)(c1ccccc1)c1ccccc1. The summed E-state index contributed by atoms with van der Waals surface area (Å²) in [6, 6.07) is 38.4. The molecule has 1 fully saturated rings. The molecule has 1 heterocycles. The number of rotatable bonds is 7. The first-order valence-electron chi connectivity index (χ1n) is 11.8. The van der Waals surface area contributed by atoms with E-state index >= 15 is 0 Å². The lowest BCUT2D eigenvalue weighted by Crippen LogP contribution is -2.56. The van der Waals surface area contributed by atoms with Gasteiger partial charge >= 0.3 is 6.09 Å². The fourth-order valence-electron chi connectivity index (χ4n) is 5.61. The van der Waals surface area contributed by atoms with Crippen LogP contribution < -0.4 is 0 Å². The molecule has 173 valence electrons. The molecule has 4 heteroatoms. The molecule has 0 spiro atoms. The summed E-state index contributed by atoms with van der Waals surface area (Å²) in [5.74, 6) is 0. The van der Waals surface area contributed by atoms with Crippen molar-refractivity contribution in [2.45, 2.75) is 31.2 Å². The van der Waals surface area contributed by atoms with E-state index in [4.69, 9.17) is 4.74 Å². The van der Waals surface area contributed by atoms with Crippen LogP contribution in [-0.4, -0.2) is 28.9 Å². The van der Waals surface area contributed by atoms with Crippen LogP contribution in [0, 0.1) is 0 Å². The maximum absolute atomic E-state index is 14.2. The maximum Gasteiger partial charge on any atom is 0.518 e. The highest BCUT2D eigenvalue weighted by molar-refractivity contribution is 5.74. The molecular weight excluding hydrogens is 434 g/mol.